The molecular weight excluding hydrogens is 491 g/mol. The zero-order chi connectivity index (χ0) is 25.8. The molecule has 0 bridgehead atoms. The molecule has 1 saturated heterocycles. The molecule has 1 N–H and O–H groups in total. The van der Waals surface area contributed by atoms with E-state index < -0.39 is 10.8 Å². The second-order valence-corrected chi connectivity index (χ2v) is 11.0. The molecular formula is C27H33FN6O2S. The maximum absolute atomic E-state index is 14.5. The largest absolute Gasteiger partial charge is 0.386 e. The molecule has 0 unspecified atom stereocenters. The number of pyridine rings is 1. The van der Waals surface area contributed by atoms with Crippen molar-refractivity contribution in [2.75, 3.05) is 57.2 Å². The third kappa shape index (κ3) is 5.76. The zero-order valence-corrected chi connectivity index (χ0v) is 22.1. The minimum absolute atomic E-state index is 0.307. The predicted octanol–water partition coefficient (Wildman–Crippen LogP) is 3.71. The maximum atomic E-state index is 14.5. The lowest BCUT2D eigenvalue weighted by Crippen LogP contribution is -2.38. The Morgan fingerprint density at radius 3 is 2.73 bits per heavy atom. The van der Waals surface area contributed by atoms with Crippen molar-refractivity contribution in [3.05, 3.63) is 60.3 Å². The Hall–Kier alpha value is -3.08. The molecule has 0 amide bonds. The van der Waals surface area contributed by atoms with E-state index in [-0.39, 0.29) is 5.82 Å². The quantitative estimate of drug-likeness (QED) is 0.341. The maximum Gasteiger partial charge on any atom is 0.146 e. The van der Waals surface area contributed by atoms with Gasteiger partial charge in [-0.25, -0.2) is 9.37 Å². The molecule has 1 aliphatic heterocycles. The van der Waals surface area contributed by atoms with E-state index in [0.29, 0.717) is 24.5 Å². The summed E-state index contributed by atoms with van der Waals surface area (Å²) in [4.78, 5) is 7.39. The minimum Gasteiger partial charge on any atom is -0.386 e. The number of benzene rings is 1. The highest BCUT2D eigenvalue weighted by Gasteiger charge is 2.17. The lowest BCUT2D eigenvalue weighted by atomic mass is 10.1. The van der Waals surface area contributed by atoms with Gasteiger partial charge in [0.1, 0.15) is 11.5 Å². The summed E-state index contributed by atoms with van der Waals surface area (Å²) in [6.07, 6.45) is 7.90. The number of aromatic nitrogens is 4. The van der Waals surface area contributed by atoms with E-state index in [2.05, 4.69) is 32.1 Å². The smallest absolute Gasteiger partial charge is 0.146 e. The van der Waals surface area contributed by atoms with Gasteiger partial charge < -0.3 is 15.0 Å². The van der Waals surface area contributed by atoms with Crippen LogP contribution in [0.1, 0.15) is 12.0 Å². The molecule has 10 heteroatoms. The van der Waals surface area contributed by atoms with Crippen molar-refractivity contribution in [3.63, 3.8) is 0 Å². The van der Waals surface area contributed by atoms with Crippen LogP contribution in [0.5, 0.6) is 0 Å². The van der Waals surface area contributed by atoms with Crippen molar-refractivity contribution in [1.82, 2.24) is 24.2 Å². The molecule has 0 aliphatic carbocycles. The Morgan fingerprint density at radius 2 is 1.97 bits per heavy atom. The summed E-state index contributed by atoms with van der Waals surface area (Å²) in [6, 6.07) is 9.18. The first-order valence-electron chi connectivity index (χ1n) is 12.6. The average Bonchev–Trinajstić information content (AvgIpc) is 3.53. The Balaban J connectivity index is 1.46. The average molecular weight is 525 g/mol. The highest BCUT2D eigenvalue weighted by molar-refractivity contribution is 7.85. The molecule has 4 aromatic rings. The molecule has 0 atom stereocenters. The van der Waals surface area contributed by atoms with Gasteiger partial charge in [-0.2, -0.15) is 5.10 Å². The van der Waals surface area contributed by atoms with Crippen molar-refractivity contribution in [3.8, 4) is 16.9 Å². The van der Waals surface area contributed by atoms with E-state index in [1.165, 1.54) is 11.6 Å². The standard InChI is InChI=1S/C27H33FN6O2S/c1-29-26-7-5-20(16-24(26)28)25-8-6-23-21(4-3-9-32-11-14-37(35)15-12-32)18-34(27(23)31-25)22-17-30-33(19-22)10-13-36-2/h5-8,16-19,29H,3-4,9-15H2,1-2H3. The van der Waals surface area contributed by atoms with Gasteiger partial charge in [0, 0.05) is 72.9 Å². The molecule has 8 nitrogen and oxygen atoms in total. The van der Waals surface area contributed by atoms with Crippen LogP contribution >= 0.6 is 0 Å². The summed E-state index contributed by atoms with van der Waals surface area (Å²) < 4.78 is 35.3. The van der Waals surface area contributed by atoms with Gasteiger partial charge in [0.2, 0.25) is 0 Å². The van der Waals surface area contributed by atoms with Gasteiger partial charge in [-0.15, -0.1) is 0 Å². The summed E-state index contributed by atoms with van der Waals surface area (Å²) in [6.45, 7) is 4.05. The number of methoxy groups -OCH3 is 1. The second-order valence-electron chi connectivity index (χ2n) is 9.28. The van der Waals surface area contributed by atoms with Crippen molar-refractivity contribution in [2.24, 2.45) is 0 Å². The van der Waals surface area contributed by atoms with Crippen molar-refractivity contribution < 1.29 is 13.3 Å². The number of nitrogens with zero attached hydrogens (tertiary/aromatic N) is 5. The molecule has 1 aliphatic rings. The van der Waals surface area contributed by atoms with Gasteiger partial charge in [0.05, 0.1) is 36.4 Å². The Bertz CT molecular complexity index is 1390. The number of anilines is 1. The molecule has 37 heavy (non-hydrogen) atoms. The van der Waals surface area contributed by atoms with Gasteiger partial charge in [-0.05, 0) is 49.2 Å². The van der Waals surface area contributed by atoms with Crippen molar-refractivity contribution in [2.45, 2.75) is 19.4 Å². The number of aryl methyl sites for hydroxylation is 1. The summed E-state index contributed by atoms with van der Waals surface area (Å²) >= 11 is 0. The minimum atomic E-state index is -0.657. The highest BCUT2D eigenvalue weighted by Crippen LogP contribution is 2.29. The van der Waals surface area contributed by atoms with Crippen LogP contribution < -0.4 is 5.32 Å². The van der Waals surface area contributed by atoms with Crippen molar-refractivity contribution >= 4 is 27.5 Å². The molecule has 1 aromatic carbocycles. The van der Waals surface area contributed by atoms with E-state index >= 15 is 0 Å². The van der Waals surface area contributed by atoms with Gasteiger partial charge >= 0.3 is 0 Å². The van der Waals surface area contributed by atoms with Crippen LogP contribution in [0, 0.1) is 5.82 Å². The Labute approximate surface area is 218 Å². The van der Waals surface area contributed by atoms with Gasteiger partial charge in [0.25, 0.3) is 0 Å². The van der Waals surface area contributed by atoms with E-state index in [4.69, 9.17) is 9.72 Å². The summed E-state index contributed by atoms with van der Waals surface area (Å²) in [5.74, 6) is 1.24. The third-order valence-corrected chi connectivity index (χ3v) is 8.16. The number of hydrogen-bond donors (Lipinski definition) is 1. The van der Waals surface area contributed by atoms with Crippen LogP contribution in [0.4, 0.5) is 10.1 Å². The number of rotatable bonds is 10. The van der Waals surface area contributed by atoms with E-state index in [1.807, 2.05) is 29.2 Å². The fourth-order valence-electron chi connectivity index (χ4n) is 4.78. The van der Waals surface area contributed by atoms with Crippen molar-refractivity contribution in [1.29, 1.82) is 0 Å². The molecule has 4 heterocycles. The SMILES string of the molecule is CNc1ccc(-c2ccc3c(CCCN4CCS(=O)CC4)cn(-c4cnn(CCOC)c4)c3n2)cc1F. The first-order valence-corrected chi connectivity index (χ1v) is 14.1. The van der Waals surface area contributed by atoms with Gasteiger partial charge in [-0.3, -0.25) is 13.5 Å². The number of halogens is 1. The fraction of sp³-hybridized carbons (Fsp3) is 0.407. The van der Waals surface area contributed by atoms with Crippen LogP contribution in [0.15, 0.2) is 48.9 Å². The molecule has 5 rings (SSSR count). The number of nitrogens with one attached hydrogen (secondary N) is 1. The van der Waals surface area contributed by atoms with E-state index in [1.54, 1.807) is 20.2 Å². The monoisotopic (exact) mass is 524 g/mol. The van der Waals surface area contributed by atoms with Gasteiger partial charge in [-0.1, -0.05) is 6.07 Å². The zero-order valence-electron chi connectivity index (χ0n) is 21.3. The molecule has 196 valence electrons. The molecule has 0 saturated carbocycles. The normalized spacial score (nSPS) is 15.0. The lowest BCUT2D eigenvalue weighted by molar-refractivity contribution is 0.183. The van der Waals surface area contributed by atoms with Crippen LogP contribution in [0.25, 0.3) is 28.0 Å². The first kappa shape index (κ1) is 25.6. The third-order valence-electron chi connectivity index (χ3n) is 6.88. The number of fused-ring (bicyclic) bond motifs is 1. The lowest BCUT2D eigenvalue weighted by Gasteiger charge is -2.25. The summed E-state index contributed by atoms with van der Waals surface area (Å²) in [5.41, 5.74) is 4.87. The van der Waals surface area contributed by atoms with Crippen LogP contribution in [-0.2, 0) is 28.5 Å². The number of hydrogen-bond acceptors (Lipinski definition) is 6. The topological polar surface area (TPSA) is 77.2 Å². The Morgan fingerprint density at radius 1 is 1.14 bits per heavy atom. The molecule has 0 spiro atoms. The van der Waals surface area contributed by atoms with Gasteiger partial charge in [0.15, 0.2) is 0 Å². The molecule has 0 radical (unpaired) electrons. The van der Waals surface area contributed by atoms with Crippen LogP contribution in [0.3, 0.4) is 0 Å². The predicted molar refractivity (Wildman–Crippen MR) is 146 cm³/mol. The van der Waals surface area contributed by atoms with Crippen LogP contribution in [-0.4, -0.2) is 80.3 Å². The summed E-state index contributed by atoms with van der Waals surface area (Å²) in [7, 11) is 2.72. The molecule has 3 aromatic heterocycles. The van der Waals surface area contributed by atoms with E-state index in [0.717, 1.165) is 66.3 Å². The molecule has 1 fully saturated rings. The highest BCUT2D eigenvalue weighted by atomic mass is 32.2. The Kier molecular flexibility index (Phi) is 7.97. The van der Waals surface area contributed by atoms with E-state index in [9.17, 15) is 8.60 Å². The van der Waals surface area contributed by atoms with Crippen LogP contribution in [0.2, 0.25) is 0 Å². The first-order chi connectivity index (χ1) is 18.1. The summed E-state index contributed by atoms with van der Waals surface area (Å²) in [5, 5.41) is 8.43. The fourth-order valence-corrected chi connectivity index (χ4v) is 5.91. The number of ether oxygens (including phenoxy) is 1. The second kappa shape index (κ2) is 11.5.